The average molecular weight is 288 g/mol. The third kappa shape index (κ3) is 3.31. The number of halogens is 1. The lowest BCUT2D eigenvalue weighted by molar-refractivity contribution is 0.0939. The molecule has 0 aliphatic rings. The minimum absolute atomic E-state index is 0.316. The van der Waals surface area contributed by atoms with E-state index in [4.69, 9.17) is 10.5 Å². The fraction of sp³-hybridized carbons (Fsp3) is 0.188. The van der Waals surface area contributed by atoms with E-state index in [9.17, 15) is 9.18 Å². The van der Waals surface area contributed by atoms with Gasteiger partial charge >= 0.3 is 0 Å². The van der Waals surface area contributed by atoms with Crippen LogP contribution in [0, 0.1) is 5.82 Å². The highest BCUT2D eigenvalue weighted by atomic mass is 19.1. The largest absolute Gasteiger partial charge is 0.495 e. The van der Waals surface area contributed by atoms with E-state index < -0.39 is 6.04 Å². The predicted molar refractivity (Wildman–Crippen MR) is 79.7 cm³/mol. The lowest BCUT2D eigenvalue weighted by Crippen LogP contribution is -2.27. The van der Waals surface area contributed by atoms with Crippen molar-refractivity contribution >= 4 is 11.6 Å². The van der Waals surface area contributed by atoms with Crippen LogP contribution in [-0.4, -0.2) is 13.0 Å². The first kappa shape index (κ1) is 14.8. The molecule has 0 fully saturated rings. The zero-order valence-corrected chi connectivity index (χ0v) is 11.9. The summed E-state index contributed by atoms with van der Waals surface area (Å²) in [4.78, 5) is 12.2. The van der Waals surface area contributed by atoms with Gasteiger partial charge in [-0.2, -0.15) is 0 Å². The van der Waals surface area contributed by atoms with Crippen molar-refractivity contribution in [2.75, 3.05) is 12.8 Å². The van der Waals surface area contributed by atoms with Gasteiger partial charge in [0.1, 0.15) is 11.6 Å². The summed E-state index contributed by atoms with van der Waals surface area (Å²) in [5.41, 5.74) is 7.01. The van der Waals surface area contributed by atoms with E-state index in [0.717, 1.165) is 0 Å². The molecule has 4 nitrogen and oxygen atoms in total. The Labute approximate surface area is 122 Å². The van der Waals surface area contributed by atoms with Gasteiger partial charge in [0.2, 0.25) is 0 Å². The van der Waals surface area contributed by atoms with Gasteiger partial charge in [0.05, 0.1) is 18.8 Å². The zero-order chi connectivity index (χ0) is 15.4. The Kier molecular flexibility index (Phi) is 4.42. The number of carbonyl (C=O) groups excluding carboxylic acids is 1. The number of carbonyl (C=O) groups is 1. The van der Waals surface area contributed by atoms with E-state index in [1.54, 1.807) is 43.3 Å². The van der Waals surface area contributed by atoms with Gasteiger partial charge in [0, 0.05) is 11.1 Å². The first-order valence-electron chi connectivity index (χ1n) is 6.51. The molecule has 0 aliphatic carbocycles. The number of nitrogen functional groups attached to an aromatic ring is 1. The molecule has 0 aromatic heterocycles. The Bertz CT molecular complexity index is 658. The van der Waals surface area contributed by atoms with Crippen molar-refractivity contribution in [2.45, 2.75) is 13.0 Å². The molecule has 0 aliphatic heterocycles. The minimum Gasteiger partial charge on any atom is -0.495 e. The van der Waals surface area contributed by atoms with E-state index in [1.807, 2.05) is 0 Å². The summed E-state index contributed by atoms with van der Waals surface area (Å²) in [6.45, 7) is 1.73. The molecule has 0 radical (unpaired) electrons. The van der Waals surface area contributed by atoms with Crippen LogP contribution < -0.4 is 15.8 Å². The van der Waals surface area contributed by atoms with Crippen molar-refractivity contribution in [3.63, 3.8) is 0 Å². The Hall–Kier alpha value is -2.56. The second-order valence-electron chi connectivity index (χ2n) is 4.67. The number of anilines is 1. The summed E-state index contributed by atoms with van der Waals surface area (Å²) in [5, 5.41) is 2.75. The van der Waals surface area contributed by atoms with Crippen molar-refractivity contribution in [1.29, 1.82) is 0 Å². The molecule has 1 atom stereocenters. The number of benzene rings is 2. The summed E-state index contributed by atoms with van der Waals surface area (Å²) < 4.78 is 18.8. The summed E-state index contributed by atoms with van der Waals surface area (Å²) >= 11 is 0. The molecule has 2 aromatic carbocycles. The molecule has 0 saturated carbocycles. The number of hydrogen-bond donors (Lipinski definition) is 2. The molecule has 21 heavy (non-hydrogen) atoms. The van der Waals surface area contributed by atoms with Gasteiger partial charge < -0.3 is 15.8 Å². The van der Waals surface area contributed by atoms with Crippen molar-refractivity contribution in [3.8, 4) is 5.75 Å². The number of nitrogens with one attached hydrogen (secondary N) is 1. The highest BCUT2D eigenvalue weighted by Crippen LogP contribution is 2.23. The fourth-order valence-electron chi connectivity index (χ4n) is 2.04. The van der Waals surface area contributed by atoms with E-state index in [1.165, 1.54) is 13.2 Å². The standard InChI is InChI=1S/C16H17FN2O2/c1-10(12-5-3-4-6-13(12)17)19-16(20)11-7-8-14(18)15(9-11)21-2/h3-10H,18H2,1-2H3,(H,19,20). The van der Waals surface area contributed by atoms with Crippen LogP contribution in [0.25, 0.3) is 0 Å². The van der Waals surface area contributed by atoms with Crippen LogP contribution in [0.3, 0.4) is 0 Å². The lowest BCUT2D eigenvalue weighted by atomic mass is 10.1. The second-order valence-corrected chi connectivity index (χ2v) is 4.67. The molecular weight excluding hydrogens is 271 g/mol. The molecule has 1 amide bonds. The van der Waals surface area contributed by atoms with Gasteiger partial charge in [-0.3, -0.25) is 4.79 Å². The third-order valence-electron chi connectivity index (χ3n) is 3.21. The Morgan fingerprint density at radius 1 is 1.29 bits per heavy atom. The zero-order valence-electron chi connectivity index (χ0n) is 11.9. The Morgan fingerprint density at radius 3 is 2.67 bits per heavy atom. The molecule has 0 heterocycles. The van der Waals surface area contributed by atoms with Crippen LogP contribution in [0.15, 0.2) is 42.5 Å². The maximum absolute atomic E-state index is 13.7. The number of amides is 1. The molecule has 0 spiro atoms. The van der Waals surface area contributed by atoms with Gasteiger partial charge in [-0.1, -0.05) is 18.2 Å². The topological polar surface area (TPSA) is 64.3 Å². The molecule has 1 unspecified atom stereocenters. The Balaban J connectivity index is 2.16. The first-order chi connectivity index (χ1) is 10.0. The monoisotopic (exact) mass is 288 g/mol. The molecular formula is C16H17FN2O2. The van der Waals surface area contributed by atoms with Crippen molar-refractivity contribution < 1.29 is 13.9 Å². The van der Waals surface area contributed by atoms with E-state index in [2.05, 4.69) is 5.32 Å². The average Bonchev–Trinajstić information content (AvgIpc) is 2.48. The summed E-state index contributed by atoms with van der Waals surface area (Å²) in [7, 11) is 1.48. The number of rotatable bonds is 4. The maximum atomic E-state index is 13.7. The van der Waals surface area contributed by atoms with Gasteiger partial charge in [0.25, 0.3) is 5.91 Å². The van der Waals surface area contributed by atoms with Crippen molar-refractivity contribution in [1.82, 2.24) is 5.32 Å². The van der Waals surface area contributed by atoms with Gasteiger partial charge in [-0.15, -0.1) is 0 Å². The van der Waals surface area contributed by atoms with Crippen LogP contribution in [-0.2, 0) is 0 Å². The second kappa shape index (κ2) is 6.26. The molecule has 110 valence electrons. The van der Waals surface area contributed by atoms with E-state index in [0.29, 0.717) is 22.6 Å². The molecule has 5 heteroatoms. The number of hydrogen-bond acceptors (Lipinski definition) is 3. The lowest BCUT2D eigenvalue weighted by Gasteiger charge is -2.15. The third-order valence-corrected chi connectivity index (χ3v) is 3.21. The minimum atomic E-state index is -0.442. The highest BCUT2D eigenvalue weighted by Gasteiger charge is 2.15. The summed E-state index contributed by atoms with van der Waals surface area (Å²) in [6.07, 6.45) is 0. The van der Waals surface area contributed by atoms with Crippen LogP contribution in [0.1, 0.15) is 28.9 Å². The fourth-order valence-corrected chi connectivity index (χ4v) is 2.04. The van der Waals surface area contributed by atoms with E-state index >= 15 is 0 Å². The SMILES string of the molecule is COc1cc(C(=O)NC(C)c2ccccc2F)ccc1N. The first-order valence-corrected chi connectivity index (χ1v) is 6.51. The summed E-state index contributed by atoms with van der Waals surface area (Å²) in [5.74, 6) is -0.231. The molecule has 2 rings (SSSR count). The number of nitrogens with two attached hydrogens (primary N) is 1. The summed E-state index contributed by atoms with van der Waals surface area (Å²) in [6, 6.07) is 10.7. The molecule has 0 saturated heterocycles. The van der Waals surface area contributed by atoms with E-state index in [-0.39, 0.29) is 11.7 Å². The molecule has 2 aromatic rings. The Morgan fingerprint density at radius 2 is 2.00 bits per heavy atom. The number of ether oxygens (including phenoxy) is 1. The van der Waals surface area contributed by atoms with Crippen LogP contribution in [0.5, 0.6) is 5.75 Å². The van der Waals surface area contributed by atoms with Crippen LogP contribution >= 0.6 is 0 Å². The van der Waals surface area contributed by atoms with Crippen LogP contribution in [0.2, 0.25) is 0 Å². The maximum Gasteiger partial charge on any atom is 0.251 e. The quantitative estimate of drug-likeness (QED) is 0.850. The smallest absolute Gasteiger partial charge is 0.251 e. The molecule has 3 N–H and O–H groups in total. The van der Waals surface area contributed by atoms with Crippen molar-refractivity contribution in [2.24, 2.45) is 0 Å². The normalized spacial score (nSPS) is 11.8. The number of methoxy groups -OCH3 is 1. The predicted octanol–water partition coefficient (Wildman–Crippen LogP) is 2.91. The molecule has 0 bridgehead atoms. The van der Waals surface area contributed by atoms with Gasteiger partial charge in [0.15, 0.2) is 0 Å². The van der Waals surface area contributed by atoms with Gasteiger partial charge in [-0.05, 0) is 31.2 Å². The highest BCUT2D eigenvalue weighted by molar-refractivity contribution is 5.95. The van der Waals surface area contributed by atoms with Gasteiger partial charge in [-0.25, -0.2) is 4.39 Å². The van der Waals surface area contributed by atoms with Crippen LogP contribution in [0.4, 0.5) is 10.1 Å². The van der Waals surface area contributed by atoms with Crippen molar-refractivity contribution in [3.05, 3.63) is 59.4 Å².